The van der Waals surface area contributed by atoms with Gasteiger partial charge in [-0.2, -0.15) is 0 Å². The SMILES string of the molecule is CCN(CC(=O)Nc1nc(-c2ccccc2)cn1-c1ccc(C)c(F)c1)C(=O)CC(C)C. The summed E-state index contributed by atoms with van der Waals surface area (Å²) >= 11 is 0. The third-order valence-electron chi connectivity index (χ3n) is 5.11. The molecule has 0 fully saturated rings. The van der Waals surface area contributed by atoms with E-state index in [1.54, 1.807) is 29.8 Å². The van der Waals surface area contributed by atoms with E-state index in [1.165, 1.54) is 11.0 Å². The monoisotopic (exact) mass is 436 g/mol. The van der Waals surface area contributed by atoms with Gasteiger partial charge in [-0.1, -0.05) is 50.2 Å². The van der Waals surface area contributed by atoms with Gasteiger partial charge in [0.25, 0.3) is 0 Å². The van der Waals surface area contributed by atoms with Crippen LogP contribution < -0.4 is 5.32 Å². The van der Waals surface area contributed by atoms with E-state index in [0.717, 1.165) is 5.56 Å². The molecule has 0 atom stereocenters. The minimum absolute atomic E-state index is 0.0634. The van der Waals surface area contributed by atoms with E-state index in [9.17, 15) is 14.0 Å². The average Bonchev–Trinajstić information content (AvgIpc) is 3.17. The van der Waals surface area contributed by atoms with Crippen LogP contribution in [0.25, 0.3) is 16.9 Å². The summed E-state index contributed by atoms with van der Waals surface area (Å²) in [4.78, 5) is 31.3. The van der Waals surface area contributed by atoms with E-state index >= 15 is 0 Å². The van der Waals surface area contributed by atoms with E-state index in [2.05, 4.69) is 10.3 Å². The maximum Gasteiger partial charge on any atom is 0.246 e. The summed E-state index contributed by atoms with van der Waals surface area (Å²) < 4.78 is 15.9. The molecule has 1 heterocycles. The Balaban J connectivity index is 1.90. The molecule has 3 rings (SSSR count). The minimum atomic E-state index is -0.358. The van der Waals surface area contributed by atoms with E-state index in [1.807, 2.05) is 51.1 Å². The maximum atomic E-state index is 14.2. The third kappa shape index (κ3) is 5.60. The standard InChI is InChI=1S/C25H29FN4O2/c1-5-29(24(32)13-17(2)3)16-23(31)28-25-27-22(19-9-7-6-8-10-19)15-30(25)20-12-11-18(4)21(26)14-20/h6-12,14-15,17H,5,13,16H2,1-4H3,(H,27,28,31). The molecule has 0 spiro atoms. The highest BCUT2D eigenvalue weighted by molar-refractivity contribution is 5.93. The Morgan fingerprint density at radius 1 is 1.16 bits per heavy atom. The van der Waals surface area contributed by atoms with Crippen LogP contribution in [0.5, 0.6) is 0 Å². The van der Waals surface area contributed by atoms with Crippen molar-refractivity contribution in [1.82, 2.24) is 14.5 Å². The fraction of sp³-hybridized carbons (Fsp3) is 0.320. The molecule has 168 valence electrons. The molecule has 1 aromatic heterocycles. The second-order valence-corrected chi connectivity index (χ2v) is 8.17. The summed E-state index contributed by atoms with van der Waals surface area (Å²) in [6, 6.07) is 14.4. The molecule has 7 heteroatoms. The molecule has 0 saturated carbocycles. The lowest BCUT2D eigenvalue weighted by molar-refractivity contribution is -0.135. The Labute approximate surface area is 188 Å². The van der Waals surface area contributed by atoms with Gasteiger partial charge in [-0.05, 0) is 37.5 Å². The molecule has 0 aliphatic carbocycles. The number of carbonyl (C=O) groups is 2. The number of aromatic nitrogens is 2. The molecule has 6 nitrogen and oxygen atoms in total. The Hall–Kier alpha value is -3.48. The Bertz CT molecular complexity index is 1090. The summed E-state index contributed by atoms with van der Waals surface area (Å²) in [6.07, 6.45) is 2.15. The number of anilines is 1. The first-order valence-corrected chi connectivity index (χ1v) is 10.8. The number of nitrogens with one attached hydrogen (secondary N) is 1. The second kappa shape index (κ2) is 10.2. The lowest BCUT2D eigenvalue weighted by Gasteiger charge is -2.21. The van der Waals surface area contributed by atoms with Gasteiger partial charge in [0.05, 0.1) is 17.9 Å². The Morgan fingerprint density at radius 3 is 2.50 bits per heavy atom. The van der Waals surface area contributed by atoms with Crippen molar-refractivity contribution in [3.05, 3.63) is 66.1 Å². The van der Waals surface area contributed by atoms with Gasteiger partial charge in [-0.15, -0.1) is 0 Å². The normalized spacial score (nSPS) is 10.9. The van der Waals surface area contributed by atoms with Crippen LogP contribution in [-0.2, 0) is 9.59 Å². The van der Waals surface area contributed by atoms with Crippen molar-refractivity contribution in [2.24, 2.45) is 5.92 Å². The van der Waals surface area contributed by atoms with Crippen molar-refractivity contribution in [3.63, 3.8) is 0 Å². The van der Waals surface area contributed by atoms with E-state index in [0.29, 0.717) is 29.9 Å². The van der Waals surface area contributed by atoms with E-state index < -0.39 is 0 Å². The topological polar surface area (TPSA) is 67.2 Å². The number of halogens is 1. The number of hydrogen-bond acceptors (Lipinski definition) is 3. The molecular weight excluding hydrogens is 407 g/mol. The number of nitrogens with zero attached hydrogens (tertiary/aromatic N) is 3. The zero-order chi connectivity index (χ0) is 23.3. The fourth-order valence-electron chi connectivity index (χ4n) is 3.34. The Kier molecular flexibility index (Phi) is 7.41. The van der Waals surface area contributed by atoms with Crippen molar-refractivity contribution in [2.45, 2.75) is 34.1 Å². The van der Waals surface area contributed by atoms with E-state index in [-0.39, 0.29) is 36.0 Å². The summed E-state index contributed by atoms with van der Waals surface area (Å²) in [6.45, 7) is 7.83. The quantitative estimate of drug-likeness (QED) is 0.551. The maximum absolute atomic E-state index is 14.2. The first-order chi connectivity index (χ1) is 15.3. The molecule has 0 unspecified atom stereocenters. The highest BCUT2D eigenvalue weighted by Gasteiger charge is 2.19. The van der Waals surface area contributed by atoms with Gasteiger partial charge >= 0.3 is 0 Å². The predicted octanol–water partition coefficient (Wildman–Crippen LogP) is 4.82. The summed E-state index contributed by atoms with van der Waals surface area (Å²) in [5, 5.41) is 2.80. The molecule has 2 aromatic carbocycles. The summed E-state index contributed by atoms with van der Waals surface area (Å²) in [7, 11) is 0. The van der Waals surface area contributed by atoms with Crippen molar-refractivity contribution >= 4 is 17.8 Å². The van der Waals surface area contributed by atoms with Gasteiger partial charge in [0.15, 0.2) is 0 Å². The number of likely N-dealkylation sites (N-methyl/N-ethyl adjacent to an activating group) is 1. The van der Waals surface area contributed by atoms with Gasteiger partial charge in [-0.25, -0.2) is 9.37 Å². The number of rotatable bonds is 8. The molecule has 0 aliphatic heterocycles. The van der Waals surface area contributed by atoms with Gasteiger partial charge in [-0.3, -0.25) is 19.5 Å². The number of carbonyl (C=O) groups excluding carboxylic acids is 2. The van der Waals surface area contributed by atoms with Gasteiger partial charge in [0.2, 0.25) is 17.8 Å². The summed E-state index contributed by atoms with van der Waals surface area (Å²) in [5.41, 5.74) is 2.59. The van der Waals surface area contributed by atoms with Crippen molar-refractivity contribution in [3.8, 4) is 16.9 Å². The largest absolute Gasteiger partial charge is 0.334 e. The van der Waals surface area contributed by atoms with Crippen molar-refractivity contribution in [2.75, 3.05) is 18.4 Å². The fourth-order valence-corrected chi connectivity index (χ4v) is 3.34. The van der Waals surface area contributed by atoms with Crippen LogP contribution in [-0.4, -0.2) is 39.4 Å². The molecule has 2 amide bonds. The van der Waals surface area contributed by atoms with Crippen LogP contribution in [0, 0.1) is 18.7 Å². The van der Waals surface area contributed by atoms with Crippen LogP contribution in [0.3, 0.4) is 0 Å². The second-order valence-electron chi connectivity index (χ2n) is 8.17. The van der Waals surface area contributed by atoms with Crippen LogP contribution in [0.15, 0.2) is 54.7 Å². The molecular formula is C25H29FN4O2. The molecule has 0 bridgehead atoms. The number of aryl methyl sites for hydroxylation is 1. The smallest absolute Gasteiger partial charge is 0.246 e. The lowest BCUT2D eigenvalue weighted by Crippen LogP contribution is -2.38. The number of amides is 2. The number of imidazole rings is 1. The van der Waals surface area contributed by atoms with Gasteiger partial charge in [0.1, 0.15) is 5.82 Å². The van der Waals surface area contributed by atoms with Crippen LogP contribution >= 0.6 is 0 Å². The molecule has 3 aromatic rings. The molecule has 0 radical (unpaired) electrons. The first-order valence-electron chi connectivity index (χ1n) is 10.8. The van der Waals surface area contributed by atoms with Crippen molar-refractivity contribution < 1.29 is 14.0 Å². The number of benzene rings is 2. The zero-order valence-corrected chi connectivity index (χ0v) is 18.9. The molecule has 32 heavy (non-hydrogen) atoms. The Morgan fingerprint density at radius 2 is 1.88 bits per heavy atom. The highest BCUT2D eigenvalue weighted by atomic mass is 19.1. The number of hydrogen-bond donors (Lipinski definition) is 1. The van der Waals surface area contributed by atoms with Crippen molar-refractivity contribution in [1.29, 1.82) is 0 Å². The molecule has 0 aliphatic rings. The van der Waals surface area contributed by atoms with E-state index in [4.69, 9.17) is 0 Å². The van der Waals surface area contributed by atoms with Crippen LogP contribution in [0.2, 0.25) is 0 Å². The van der Waals surface area contributed by atoms with Gasteiger partial charge < -0.3 is 4.90 Å². The molecule has 1 N–H and O–H groups in total. The zero-order valence-electron chi connectivity index (χ0n) is 18.9. The van der Waals surface area contributed by atoms with Crippen LogP contribution in [0.4, 0.5) is 10.3 Å². The minimum Gasteiger partial charge on any atom is -0.334 e. The predicted molar refractivity (Wildman–Crippen MR) is 124 cm³/mol. The lowest BCUT2D eigenvalue weighted by atomic mass is 10.1. The molecule has 0 saturated heterocycles. The third-order valence-corrected chi connectivity index (χ3v) is 5.11. The summed E-state index contributed by atoms with van der Waals surface area (Å²) in [5.74, 6) is -0.284. The first kappa shape index (κ1) is 23.2. The highest BCUT2D eigenvalue weighted by Crippen LogP contribution is 2.25. The van der Waals surface area contributed by atoms with Crippen LogP contribution in [0.1, 0.15) is 32.8 Å². The average molecular weight is 437 g/mol. The van der Waals surface area contributed by atoms with Gasteiger partial charge in [0, 0.05) is 24.7 Å².